The molecule has 1 unspecified atom stereocenters. The van der Waals surface area contributed by atoms with Crippen LogP contribution in [0.1, 0.15) is 125 Å². The Balaban J connectivity index is 0.780. The van der Waals surface area contributed by atoms with Gasteiger partial charge in [-0.3, -0.25) is 24.7 Å². The number of aliphatic hydroxyl groups is 1. The molecule has 6 aromatic rings. The highest BCUT2D eigenvalue weighted by molar-refractivity contribution is 7.90. The van der Waals surface area contributed by atoms with Gasteiger partial charge in [-0.05, 0) is 129 Å². The number of carbonyl (C=O) groups excluding carboxylic acids is 1. The lowest BCUT2D eigenvalue weighted by atomic mass is 9.59. The van der Waals surface area contributed by atoms with Crippen LogP contribution in [-0.4, -0.2) is 101 Å². The fourth-order valence-electron chi connectivity index (χ4n) is 12.6. The van der Waals surface area contributed by atoms with Crippen molar-refractivity contribution in [1.29, 1.82) is 0 Å². The Morgan fingerprint density at radius 1 is 0.935 bits per heavy atom. The van der Waals surface area contributed by atoms with Crippen molar-refractivity contribution in [1.82, 2.24) is 24.5 Å². The third kappa shape index (κ3) is 11.1. The fraction of sp³-hybridized carbons (Fsp3) is 0.458. The summed E-state index contributed by atoms with van der Waals surface area (Å²) in [6.07, 6.45) is 10.3. The number of carbonyl (C=O) groups is 1. The molecule has 77 heavy (non-hydrogen) atoms. The number of nitro benzene ring substituents is 1. The van der Waals surface area contributed by atoms with Gasteiger partial charge in [0.15, 0.2) is 11.5 Å². The van der Waals surface area contributed by atoms with Gasteiger partial charge < -0.3 is 34.5 Å². The lowest BCUT2D eigenvalue weighted by molar-refractivity contribution is -0.384. The van der Waals surface area contributed by atoms with E-state index in [-0.39, 0.29) is 34.4 Å². The predicted molar refractivity (Wildman–Crippen MR) is 295 cm³/mol. The quantitative estimate of drug-likeness (QED) is 0.0558. The zero-order valence-electron chi connectivity index (χ0n) is 44.6. The zero-order valence-corrected chi connectivity index (χ0v) is 45.4. The number of hydrogen-bond donors (Lipinski definition) is 4. The van der Waals surface area contributed by atoms with E-state index in [4.69, 9.17) is 14.2 Å². The summed E-state index contributed by atoms with van der Waals surface area (Å²) in [7, 11) is -4.60. The molecule has 5 heterocycles. The molecule has 0 bridgehead atoms. The van der Waals surface area contributed by atoms with E-state index in [1.807, 2.05) is 39.0 Å². The number of nitrogens with one attached hydrogen (secondary N) is 3. The molecule has 4 fully saturated rings. The second-order valence-corrected chi connectivity index (χ2v) is 24.9. The van der Waals surface area contributed by atoms with Gasteiger partial charge in [0.1, 0.15) is 22.8 Å². The molecule has 1 amide bonds. The molecule has 17 nitrogen and oxygen atoms in total. The van der Waals surface area contributed by atoms with Crippen LogP contribution in [0.3, 0.4) is 0 Å². The summed E-state index contributed by atoms with van der Waals surface area (Å²) in [4.78, 5) is 40.6. The van der Waals surface area contributed by atoms with Crippen LogP contribution in [0, 0.1) is 21.4 Å². The molecule has 2 saturated carbocycles. The zero-order chi connectivity index (χ0) is 53.9. The number of rotatable bonds is 15. The van der Waals surface area contributed by atoms with Crippen molar-refractivity contribution in [3.05, 3.63) is 136 Å². The van der Waals surface area contributed by atoms with Crippen molar-refractivity contribution in [2.45, 2.75) is 127 Å². The van der Waals surface area contributed by atoms with Gasteiger partial charge in [-0.15, -0.1) is 0 Å². The average Bonchev–Trinajstić information content (AvgIpc) is 4.02. The normalized spacial score (nSPS) is 22.5. The number of nitro groups is 1. The summed E-state index contributed by atoms with van der Waals surface area (Å²) in [5, 5.41) is 26.5. The van der Waals surface area contributed by atoms with Gasteiger partial charge in [0.25, 0.3) is 21.6 Å². The molecule has 0 radical (unpaired) electrons. The maximum Gasteiger partial charge on any atom is 0.293 e. The molecule has 11 rings (SSSR count). The molecule has 18 heteroatoms. The Morgan fingerprint density at radius 2 is 1.71 bits per heavy atom. The molecular weight excluding hydrogens is 997 g/mol. The molecule has 5 aliphatic rings. The minimum Gasteiger partial charge on any atom is -0.455 e. The Kier molecular flexibility index (Phi) is 14.0. The molecule has 4 aromatic carbocycles. The number of ether oxygens (including phenoxy) is 3. The SMILES string of the molecule is CC(C)c1ccccc1C1CN(Cc2cccc3c2OC(C)(C)O3)CCN1C1CC2(CCN(c3ccc(C(=O)NS(=O)(=O)c4ccc(NC[C@H]5CC[C@](C)(O)CC5)c([N+](=O)[O-])c4)c(Oc4cnc5[nH]ccc5c4)c3)CC2)C1. The number of sulfonamides is 1. The molecule has 1 spiro atoms. The smallest absolute Gasteiger partial charge is 0.293 e. The Morgan fingerprint density at radius 3 is 2.48 bits per heavy atom. The van der Waals surface area contributed by atoms with Crippen molar-refractivity contribution in [3.63, 3.8) is 0 Å². The second-order valence-electron chi connectivity index (χ2n) is 23.2. The maximum atomic E-state index is 14.1. The second kappa shape index (κ2) is 20.6. The number of piperazine rings is 1. The third-order valence-corrected chi connectivity index (χ3v) is 18.2. The number of hydrogen-bond acceptors (Lipinski definition) is 14. The van der Waals surface area contributed by atoms with Crippen LogP contribution in [0.2, 0.25) is 0 Å². The van der Waals surface area contributed by atoms with Gasteiger partial charge in [0.05, 0.1) is 27.2 Å². The summed E-state index contributed by atoms with van der Waals surface area (Å²) < 4.78 is 48.7. The summed E-state index contributed by atoms with van der Waals surface area (Å²) in [6.45, 7) is 15.9. The number of aromatic nitrogens is 2. The number of aromatic amines is 1. The monoisotopic (exact) mass is 1070 g/mol. The number of anilines is 2. The van der Waals surface area contributed by atoms with E-state index in [0.717, 1.165) is 112 Å². The highest BCUT2D eigenvalue weighted by Crippen LogP contribution is 2.54. The van der Waals surface area contributed by atoms with Gasteiger partial charge >= 0.3 is 0 Å². The van der Waals surface area contributed by atoms with Crippen LogP contribution in [0.25, 0.3) is 11.0 Å². The summed E-state index contributed by atoms with van der Waals surface area (Å²) >= 11 is 0. The van der Waals surface area contributed by atoms with Gasteiger partial charge in [-0.25, -0.2) is 18.1 Å². The summed E-state index contributed by atoms with van der Waals surface area (Å²) in [5.41, 5.74) is 4.65. The molecule has 2 aromatic heterocycles. The fourth-order valence-corrected chi connectivity index (χ4v) is 13.6. The first-order valence-corrected chi connectivity index (χ1v) is 28.7. The van der Waals surface area contributed by atoms with Crippen molar-refractivity contribution in [3.8, 4) is 23.0 Å². The van der Waals surface area contributed by atoms with Crippen LogP contribution in [-0.2, 0) is 16.6 Å². The lowest BCUT2D eigenvalue weighted by Gasteiger charge is -2.58. The van der Waals surface area contributed by atoms with Crippen LogP contribution in [0.15, 0.2) is 108 Å². The van der Waals surface area contributed by atoms with Crippen LogP contribution in [0.5, 0.6) is 23.0 Å². The number of H-pyrrole nitrogens is 1. The minimum atomic E-state index is -4.60. The van der Waals surface area contributed by atoms with Crippen LogP contribution in [0.4, 0.5) is 17.1 Å². The molecule has 2 saturated heterocycles. The molecule has 406 valence electrons. The Hall–Kier alpha value is -6.73. The first-order chi connectivity index (χ1) is 36.8. The number of amides is 1. The lowest BCUT2D eigenvalue weighted by Crippen LogP contribution is -2.60. The molecular formula is C59H70N8O9S. The van der Waals surface area contributed by atoms with E-state index in [1.165, 1.54) is 23.3 Å². The van der Waals surface area contributed by atoms with E-state index in [2.05, 4.69) is 85.0 Å². The maximum absolute atomic E-state index is 14.1. The van der Waals surface area contributed by atoms with Crippen molar-refractivity contribution < 1.29 is 37.5 Å². The van der Waals surface area contributed by atoms with Gasteiger partial charge in [-0.1, -0.05) is 50.2 Å². The van der Waals surface area contributed by atoms with Gasteiger partial charge in [-0.2, -0.15) is 0 Å². The largest absolute Gasteiger partial charge is 0.455 e. The highest BCUT2D eigenvalue weighted by Gasteiger charge is 2.50. The summed E-state index contributed by atoms with van der Waals surface area (Å²) in [6, 6.07) is 28.3. The standard InChI is InChI=1S/C59H70N8O9S/c1-38(2)46-10-6-7-11-47(46)51-37-64(36-41-9-8-12-52-54(41)76-57(3,4)75-52)27-28-66(51)43-32-59(33-43)22-25-65(26-23-59)42-13-15-48(53(30-42)74-44-29-40-19-24-60-55(40)62-35-44)56(68)63-77(72,73)45-14-16-49(50(31-45)67(70)71)61-34-39-17-20-58(5,69)21-18-39/h6-16,19,24,29-31,35,38-39,43,51,61,69H,17-18,20-23,25-28,32-34,36-37H2,1-5H3,(H,60,62)(H,63,68)/t39-,51?,58-. The number of benzene rings is 4. The molecule has 4 N–H and O–H groups in total. The first kappa shape index (κ1) is 52.3. The number of para-hydroxylation sites is 1. The van der Waals surface area contributed by atoms with Crippen LogP contribution < -0.4 is 29.1 Å². The third-order valence-electron chi connectivity index (χ3n) is 16.9. The number of fused-ring (bicyclic) bond motifs is 2. The predicted octanol–water partition coefficient (Wildman–Crippen LogP) is 10.7. The number of pyridine rings is 1. The number of piperidine rings is 1. The average molecular weight is 1070 g/mol. The van der Waals surface area contributed by atoms with Gasteiger partial charge in [0, 0.05) is 107 Å². The number of nitrogens with zero attached hydrogens (tertiary/aromatic N) is 5. The van der Waals surface area contributed by atoms with Gasteiger partial charge in [0.2, 0.25) is 5.79 Å². The highest BCUT2D eigenvalue weighted by atomic mass is 32.2. The van der Waals surface area contributed by atoms with E-state index in [0.29, 0.717) is 42.7 Å². The molecule has 3 aliphatic heterocycles. The Bertz CT molecular complexity index is 3300. The molecule has 1 atom stereocenters. The van der Waals surface area contributed by atoms with Crippen molar-refractivity contribution in [2.75, 3.05) is 49.5 Å². The Labute approximate surface area is 450 Å². The summed E-state index contributed by atoms with van der Waals surface area (Å²) in [5.74, 6) is 1.08. The minimum absolute atomic E-state index is 0.0336. The van der Waals surface area contributed by atoms with E-state index >= 15 is 0 Å². The van der Waals surface area contributed by atoms with E-state index in [1.54, 1.807) is 30.6 Å². The van der Waals surface area contributed by atoms with E-state index in [9.17, 15) is 28.4 Å². The van der Waals surface area contributed by atoms with Crippen molar-refractivity contribution >= 4 is 44.0 Å². The molecule has 2 aliphatic carbocycles. The van der Waals surface area contributed by atoms with Crippen molar-refractivity contribution in [2.24, 2.45) is 11.3 Å². The first-order valence-electron chi connectivity index (χ1n) is 27.2. The van der Waals surface area contributed by atoms with Crippen LogP contribution >= 0.6 is 0 Å². The van der Waals surface area contributed by atoms with E-state index < -0.39 is 42.8 Å². The topological polar surface area (TPSA) is 205 Å².